The van der Waals surface area contributed by atoms with E-state index in [0.29, 0.717) is 22.1 Å². The van der Waals surface area contributed by atoms with Crippen LogP contribution in [-0.2, 0) is 0 Å². The van der Waals surface area contributed by atoms with E-state index < -0.39 is 5.91 Å². The summed E-state index contributed by atoms with van der Waals surface area (Å²) in [6, 6.07) is 9.06. The maximum absolute atomic E-state index is 11.6. The number of hydrogen-bond acceptors (Lipinski definition) is 4. The van der Waals surface area contributed by atoms with Crippen molar-refractivity contribution in [1.82, 2.24) is 4.98 Å². The van der Waals surface area contributed by atoms with Gasteiger partial charge in [0.1, 0.15) is 5.82 Å². The van der Waals surface area contributed by atoms with Crippen LogP contribution in [0, 0.1) is 0 Å². The highest BCUT2D eigenvalue weighted by Gasteiger charge is 2.19. The maximum atomic E-state index is 11.6. The topological polar surface area (TPSA) is 85.2 Å². The van der Waals surface area contributed by atoms with Crippen molar-refractivity contribution in [1.29, 1.82) is 0 Å². The van der Waals surface area contributed by atoms with E-state index in [2.05, 4.69) is 4.98 Å². The molecule has 0 fully saturated rings. The molecule has 0 spiro atoms. The Balaban J connectivity index is 2.37. The largest absolute Gasteiger partial charge is 0.397 e. The Morgan fingerprint density at radius 1 is 1.33 bits per heavy atom. The van der Waals surface area contributed by atoms with Crippen molar-refractivity contribution in [3.05, 3.63) is 52.7 Å². The fourth-order valence-corrected chi connectivity index (χ4v) is 2.21. The number of nitrogens with zero attached hydrogens (tertiary/aromatic N) is 2. The SMILES string of the molecule is CC(c1ccc(Cl)cc1)N(C)c1ncc(N)cc1C(N)=O. The molecule has 0 aliphatic carbocycles. The van der Waals surface area contributed by atoms with E-state index in [0.717, 1.165) is 5.56 Å². The molecule has 2 aromatic rings. The third-order valence-electron chi connectivity index (χ3n) is 3.42. The molecule has 0 aliphatic heterocycles. The van der Waals surface area contributed by atoms with Gasteiger partial charge >= 0.3 is 0 Å². The van der Waals surface area contributed by atoms with Gasteiger partial charge in [0.2, 0.25) is 0 Å². The molecule has 0 radical (unpaired) electrons. The average Bonchev–Trinajstić information content (AvgIpc) is 2.46. The van der Waals surface area contributed by atoms with Crippen molar-refractivity contribution < 1.29 is 4.79 Å². The Hall–Kier alpha value is -2.27. The van der Waals surface area contributed by atoms with Gasteiger partial charge in [0, 0.05) is 12.1 Å². The predicted octanol–water partition coefficient (Wildman–Crippen LogP) is 2.61. The van der Waals surface area contributed by atoms with Gasteiger partial charge in [-0.05, 0) is 30.7 Å². The molecule has 0 aliphatic rings. The van der Waals surface area contributed by atoms with Gasteiger partial charge in [-0.2, -0.15) is 0 Å². The van der Waals surface area contributed by atoms with Crippen LogP contribution in [0.2, 0.25) is 5.02 Å². The first-order valence-corrected chi connectivity index (χ1v) is 6.81. The minimum absolute atomic E-state index is 0.00325. The first kappa shape index (κ1) is 15.1. The van der Waals surface area contributed by atoms with Crippen LogP contribution in [0.25, 0.3) is 0 Å². The summed E-state index contributed by atoms with van der Waals surface area (Å²) < 4.78 is 0. The van der Waals surface area contributed by atoms with Crippen LogP contribution in [-0.4, -0.2) is 17.9 Å². The number of halogens is 1. The van der Waals surface area contributed by atoms with E-state index in [9.17, 15) is 4.79 Å². The number of amides is 1. The van der Waals surface area contributed by atoms with Crippen LogP contribution in [0.15, 0.2) is 36.5 Å². The molecule has 6 heteroatoms. The monoisotopic (exact) mass is 304 g/mol. The standard InChI is InChI=1S/C15H17ClN4O/c1-9(10-3-5-11(16)6-4-10)20(2)15-13(14(18)21)7-12(17)8-19-15/h3-9H,17H2,1-2H3,(H2,18,21). The summed E-state index contributed by atoms with van der Waals surface area (Å²) in [7, 11) is 1.85. The summed E-state index contributed by atoms with van der Waals surface area (Å²) in [4.78, 5) is 17.7. The van der Waals surface area contributed by atoms with E-state index in [4.69, 9.17) is 23.1 Å². The summed E-state index contributed by atoms with van der Waals surface area (Å²) in [6.45, 7) is 2.01. The van der Waals surface area contributed by atoms with Gasteiger partial charge in [-0.25, -0.2) is 4.98 Å². The van der Waals surface area contributed by atoms with Crippen LogP contribution in [0.4, 0.5) is 11.5 Å². The van der Waals surface area contributed by atoms with E-state index in [1.165, 1.54) is 12.3 Å². The van der Waals surface area contributed by atoms with E-state index in [-0.39, 0.29) is 6.04 Å². The number of nitrogen functional groups attached to an aromatic ring is 1. The minimum Gasteiger partial charge on any atom is -0.397 e. The lowest BCUT2D eigenvalue weighted by Crippen LogP contribution is -2.26. The van der Waals surface area contributed by atoms with Crippen LogP contribution >= 0.6 is 11.6 Å². The van der Waals surface area contributed by atoms with Crippen LogP contribution in [0.1, 0.15) is 28.9 Å². The molecule has 21 heavy (non-hydrogen) atoms. The first-order valence-electron chi connectivity index (χ1n) is 6.43. The highest BCUT2D eigenvalue weighted by molar-refractivity contribution is 6.30. The molecular formula is C15H17ClN4O. The maximum Gasteiger partial charge on any atom is 0.252 e. The lowest BCUT2D eigenvalue weighted by atomic mass is 10.1. The normalized spacial score (nSPS) is 12.0. The van der Waals surface area contributed by atoms with Crippen LogP contribution < -0.4 is 16.4 Å². The summed E-state index contributed by atoms with van der Waals surface area (Å²) in [6.07, 6.45) is 1.51. The fourth-order valence-electron chi connectivity index (χ4n) is 2.08. The van der Waals surface area contributed by atoms with Gasteiger partial charge in [-0.15, -0.1) is 0 Å². The number of rotatable bonds is 4. The Labute approximate surface area is 128 Å². The molecule has 0 saturated carbocycles. The predicted molar refractivity (Wildman–Crippen MR) is 85.4 cm³/mol. The number of primary amides is 1. The van der Waals surface area contributed by atoms with Gasteiger partial charge in [0.15, 0.2) is 0 Å². The molecule has 1 aromatic carbocycles. The molecule has 4 N–H and O–H groups in total. The van der Waals surface area contributed by atoms with E-state index in [1.54, 1.807) is 0 Å². The summed E-state index contributed by atoms with van der Waals surface area (Å²) in [5.74, 6) is -0.0564. The summed E-state index contributed by atoms with van der Waals surface area (Å²) >= 11 is 5.90. The molecule has 2 rings (SSSR count). The molecule has 1 atom stereocenters. The second-order valence-electron chi connectivity index (χ2n) is 4.84. The van der Waals surface area contributed by atoms with Crippen molar-refractivity contribution in [2.75, 3.05) is 17.7 Å². The summed E-state index contributed by atoms with van der Waals surface area (Å²) in [5.41, 5.74) is 12.8. The van der Waals surface area contributed by atoms with Gasteiger partial charge in [0.05, 0.1) is 23.5 Å². The third-order valence-corrected chi connectivity index (χ3v) is 3.67. The lowest BCUT2D eigenvalue weighted by molar-refractivity contribution is 0.100. The van der Waals surface area contributed by atoms with E-state index >= 15 is 0 Å². The number of benzene rings is 1. The Morgan fingerprint density at radius 2 is 1.95 bits per heavy atom. The lowest BCUT2D eigenvalue weighted by Gasteiger charge is -2.27. The highest BCUT2D eigenvalue weighted by Crippen LogP contribution is 2.27. The van der Waals surface area contributed by atoms with Gasteiger partial charge in [0.25, 0.3) is 5.91 Å². The number of aromatic nitrogens is 1. The molecule has 0 bridgehead atoms. The van der Waals surface area contributed by atoms with Crippen molar-refractivity contribution >= 4 is 29.0 Å². The number of carbonyl (C=O) groups is 1. The van der Waals surface area contributed by atoms with Gasteiger partial charge in [-0.3, -0.25) is 4.79 Å². The molecular weight excluding hydrogens is 288 g/mol. The van der Waals surface area contributed by atoms with E-state index in [1.807, 2.05) is 43.1 Å². The fraction of sp³-hybridized carbons (Fsp3) is 0.200. The zero-order valence-electron chi connectivity index (χ0n) is 11.9. The molecule has 5 nitrogen and oxygen atoms in total. The number of hydrogen-bond donors (Lipinski definition) is 2. The second kappa shape index (κ2) is 6.01. The second-order valence-corrected chi connectivity index (χ2v) is 5.28. The van der Waals surface area contributed by atoms with Crippen molar-refractivity contribution in [2.45, 2.75) is 13.0 Å². The number of pyridine rings is 1. The number of anilines is 2. The first-order chi connectivity index (χ1) is 9.90. The van der Waals surface area contributed by atoms with Crippen molar-refractivity contribution in [3.63, 3.8) is 0 Å². The smallest absolute Gasteiger partial charge is 0.252 e. The van der Waals surface area contributed by atoms with Gasteiger partial charge in [-0.1, -0.05) is 23.7 Å². The minimum atomic E-state index is -0.556. The zero-order chi connectivity index (χ0) is 15.6. The van der Waals surface area contributed by atoms with Crippen LogP contribution in [0.5, 0.6) is 0 Å². The molecule has 110 valence electrons. The van der Waals surface area contributed by atoms with Crippen molar-refractivity contribution in [2.24, 2.45) is 5.73 Å². The average molecular weight is 305 g/mol. The molecule has 1 amide bonds. The van der Waals surface area contributed by atoms with Crippen LogP contribution in [0.3, 0.4) is 0 Å². The highest BCUT2D eigenvalue weighted by atomic mass is 35.5. The quantitative estimate of drug-likeness (QED) is 0.909. The van der Waals surface area contributed by atoms with Crippen molar-refractivity contribution in [3.8, 4) is 0 Å². The molecule has 0 saturated heterocycles. The third kappa shape index (κ3) is 3.25. The summed E-state index contributed by atoms with van der Waals surface area (Å²) in [5, 5.41) is 0.678. The Kier molecular flexibility index (Phi) is 4.33. The Bertz CT molecular complexity index is 657. The van der Waals surface area contributed by atoms with Gasteiger partial charge < -0.3 is 16.4 Å². The number of carbonyl (C=O) groups excluding carboxylic acids is 1. The molecule has 1 unspecified atom stereocenters. The zero-order valence-corrected chi connectivity index (χ0v) is 12.6. The number of nitrogens with two attached hydrogens (primary N) is 2. The molecule has 1 heterocycles. The Morgan fingerprint density at radius 3 is 2.52 bits per heavy atom. The molecule has 1 aromatic heterocycles.